The summed E-state index contributed by atoms with van der Waals surface area (Å²) < 4.78 is 0. The smallest absolute Gasteiger partial charge is 0.119 e. The molecule has 2 atom stereocenters. The van der Waals surface area contributed by atoms with Gasteiger partial charge in [-0.15, -0.1) is 0 Å². The Morgan fingerprint density at radius 1 is 1.19 bits per heavy atom. The van der Waals surface area contributed by atoms with Crippen molar-refractivity contribution in [3.8, 4) is 5.75 Å². The third-order valence-corrected chi connectivity index (χ3v) is 6.00. The van der Waals surface area contributed by atoms with Crippen LogP contribution in [0, 0.1) is 5.92 Å². The summed E-state index contributed by atoms with van der Waals surface area (Å²) in [6, 6.07) is 6.27. The first-order valence-corrected chi connectivity index (χ1v) is 10.2. The van der Waals surface area contributed by atoms with Crippen molar-refractivity contribution in [3.05, 3.63) is 58.7 Å². The van der Waals surface area contributed by atoms with Gasteiger partial charge in [0, 0.05) is 11.5 Å². The van der Waals surface area contributed by atoms with E-state index in [0.29, 0.717) is 11.7 Å². The van der Waals surface area contributed by atoms with Gasteiger partial charge in [0.05, 0.1) is 0 Å². The van der Waals surface area contributed by atoms with E-state index >= 15 is 0 Å². The summed E-state index contributed by atoms with van der Waals surface area (Å²) in [5.41, 5.74) is 7.54. The molecule has 1 N–H and O–H groups in total. The maximum atomic E-state index is 10.8. The summed E-state index contributed by atoms with van der Waals surface area (Å²) in [5.74, 6) is 1.08. The zero-order chi connectivity index (χ0) is 19.3. The lowest BCUT2D eigenvalue weighted by atomic mass is 9.74. The number of phenols is 1. The van der Waals surface area contributed by atoms with E-state index in [1.165, 1.54) is 41.6 Å². The first-order valence-electron chi connectivity index (χ1n) is 10.2. The van der Waals surface area contributed by atoms with Gasteiger partial charge in [-0.2, -0.15) is 0 Å². The molecule has 142 valence electrons. The largest absolute Gasteiger partial charge is 0.508 e. The van der Waals surface area contributed by atoms with E-state index < -0.39 is 0 Å². The first kappa shape index (κ1) is 20.6. The monoisotopic (exact) mass is 352 g/mol. The molecule has 1 aromatic carbocycles. The van der Waals surface area contributed by atoms with Crippen LogP contribution in [0.25, 0.3) is 5.57 Å². The van der Waals surface area contributed by atoms with Gasteiger partial charge in [0.25, 0.3) is 0 Å². The molecule has 0 bridgehead atoms. The highest BCUT2D eigenvalue weighted by Gasteiger charge is 2.27. The molecule has 0 heterocycles. The van der Waals surface area contributed by atoms with Gasteiger partial charge >= 0.3 is 0 Å². The van der Waals surface area contributed by atoms with Gasteiger partial charge in [0.1, 0.15) is 5.75 Å². The van der Waals surface area contributed by atoms with E-state index in [9.17, 15) is 5.11 Å². The number of hydrogen-bond acceptors (Lipinski definition) is 1. The molecule has 0 aromatic heterocycles. The lowest BCUT2D eigenvalue weighted by Gasteiger charge is -2.31. The Labute approximate surface area is 160 Å². The Kier molecular flexibility index (Phi) is 7.32. The molecule has 1 nitrogen and oxygen atoms in total. The molecule has 0 radical (unpaired) electrons. The van der Waals surface area contributed by atoms with Crippen molar-refractivity contribution in [2.24, 2.45) is 5.92 Å². The fourth-order valence-electron chi connectivity index (χ4n) is 4.06. The summed E-state index contributed by atoms with van der Waals surface area (Å²) in [5, 5.41) is 10.8. The quantitative estimate of drug-likeness (QED) is 0.392. The zero-order valence-electron chi connectivity index (χ0n) is 17.4. The average molecular weight is 353 g/mol. The van der Waals surface area contributed by atoms with Gasteiger partial charge < -0.3 is 5.11 Å². The molecule has 2 rings (SSSR count). The fourth-order valence-corrected chi connectivity index (χ4v) is 4.06. The average Bonchev–Trinajstić information content (AvgIpc) is 2.60. The summed E-state index contributed by atoms with van der Waals surface area (Å²) in [7, 11) is 0. The molecule has 1 aliphatic rings. The topological polar surface area (TPSA) is 20.2 Å². The number of rotatable bonds is 7. The lowest BCUT2D eigenvalue weighted by Crippen LogP contribution is -2.17. The number of hydrogen-bond donors (Lipinski definition) is 1. The van der Waals surface area contributed by atoms with E-state index in [0.717, 1.165) is 30.4 Å². The van der Waals surface area contributed by atoms with Crippen LogP contribution in [0.5, 0.6) is 5.75 Å². The van der Waals surface area contributed by atoms with Gasteiger partial charge in [-0.05, 0) is 76.5 Å². The molecule has 1 aliphatic carbocycles. The molecule has 1 heteroatoms. The highest BCUT2D eigenvalue weighted by atomic mass is 16.3. The zero-order valence-corrected chi connectivity index (χ0v) is 17.4. The van der Waals surface area contributed by atoms with E-state index in [4.69, 9.17) is 0 Å². The molecular formula is C25H36O. The van der Waals surface area contributed by atoms with Crippen molar-refractivity contribution in [2.75, 3.05) is 0 Å². The maximum absolute atomic E-state index is 10.8. The minimum Gasteiger partial charge on any atom is -0.508 e. The van der Waals surface area contributed by atoms with Gasteiger partial charge in [-0.25, -0.2) is 0 Å². The van der Waals surface area contributed by atoms with Crippen LogP contribution in [0.2, 0.25) is 0 Å². The van der Waals surface area contributed by atoms with Crippen LogP contribution < -0.4 is 0 Å². The van der Waals surface area contributed by atoms with Crippen LogP contribution in [-0.2, 0) is 0 Å². The Bertz CT molecular complexity index is 705. The van der Waals surface area contributed by atoms with Crippen LogP contribution in [0.15, 0.2) is 47.6 Å². The van der Waals surface area contributed by atoms with Crippen LogP contribution in [-0.4, -0.2) is 5.11 Å². The second-order valence-corrected chi connectivity index (χ2v) is 8.17. The SMILES string of the molecule is C=C(C)C1CCC(C)=CC1c1ccc(/C(C)=C(\C)CCCCC)cc1O. The van der Waals surface area contributed by atoms with Crippen molar-refractivity contribution in [1.29, 1.82) is 0 Å². The molecule has 0 spiro atoms. The fraction of sp³-hybridized carbons (Fsp3) is 0.520. The number of phenolic OH excluding ortho intramolecular Hbond substituents is 1. The van der Waals surface area contributed by atoms with Gasteiger partial charge in [-0.3, -0.25) is 0 Å². The van der Waals surface area contributed by atoms with Gasteiger partial charge in [0.15, 0.2) is 0 Å². The Hall–Kier alpha value is -1.76. The molecule has 26 heavy (non-hydrogen) atoms. The molecular weight excluding hydrogens is 316 g/mol. The Morgan fingerprint density at radius 3 is 2.54 bits per heavy atom. The summed E-state index contributed by atoms with van der Waals surface area (Å²) in [4.78, 5) is 0. The predicted molar refractivity (Wildman–Crippen MR) is 115 cm³/mol. The van der Waals surface area contributed by atoms with Crippen LogP contribution in [0.3, 0.4) is 0 Å². The lowest BCUT2D eigenvalue weighted by molar-refractivity contribution is 0.436. The standard InChI is InChI=1S/C25H36O/c1-7-8-9-10-19(5)20(6)21-12-14-23(25(26)16-21)24-15-18(4)11-13-22(24)17(2)3/h12,14-16,22,24,26H,2,7-11,13H2,1,3-6H3/b20-19+. The van der Waals surface area contributed by atoms with Crippen molar-refractivity contribution < 1.29 is 5.11 Å². The van der Waals surface area contributed by atoms with Crippen LogP contribution in [0.1, 0.15) is 90.2 Å². The van der Waals surface area contributed by atoms with E-state index in [2.05, 4.69) is 59.4 Å². The van der Waals surface area contributed by atoms with E-state index in [1.54, 1.807) is 0 Å². The summed E-state index contributed by atoms with van der Waals surface area (Å²) in [6.07, 6.45) is 9.51. The highest BCUT2D eigenvalue weighted by molar-refractivity contribution is 5.68. The van der Waals surface area contributed by atoms with E-state index in [1.807, 2.05) is 6.07 Å². The summed E-state index contributed by atoms with van der Waals surface area (Å²) in [6.45, 7) is 15.1. The van der Waals surface area contributed by atoms with Crippen LogP contribution in [0.4, 0.5) is 0 Å². The molecule has 1 aromatic rings. The molecule has 0 saturated heterocycles. The number of benzene rings is 1. The third kappa shape index (κ3) is 4.90. The normalized spacial score (nSPS) is 21.2. The molecule has 0 saturated carbocycles. The van der Waals surface area contributed by atoms with Crippen LogP contribution >= 0.6 is 0 Å². The molecule has 0 fully saturated rings. The molecule has 0 aliphatic heterocycles. The number of unbranched alkanes of at least 4 members (excludes halogenated alkanes) is 2. The first-order chi connectivity index (χ1) is 12.3. The Morgan fingerprint density at radius 2 is 1.92 bits per heavy atom. The third-order valence-electron chi connectivity index (χ3n) is 6.00. The van der Waals surface area contributed by atoms with Crippen molar-refractivity contribution >= 4 is 5.57 Å². The molecule has 2 unspecified atom stereocenters. The van der Waals surface area contributed by atoms with Crippen molar-refractivity contribution in [3.63, 3.8) is 0 Å². The predicted octanol–water partition coefficient (Wildman–Crippen LogP) is 7.78. The minimum atomic E-state index is 0.241. The highest BCUT2D eigenvalue weighted by Crippen LogP contribution is 2.43. The van der Waals surface area contributed by atoms with Crippen molar-refractivity contribution in [1.82, 2.24) is 0 Å². The second kappa shape index (κ2) is 9.26. The van der Waals surface area contributed by atoms with Gasteiger partial charge in [0.2, 0.25) is 0 Å². The minimum absolute atomic E-state index is 0.241. The molecule has 0 amide bonds. The number of allylic oxidation sites excluding steroid dienone is 5. The Balaban J connectivity index is 2.30. The second-order valence-electron chi connectivity index (χ2n) is 8.17. The summed E-state index contributed by atoms with van der Waals surface area (Å²) >= 11 is 0. The van der Waals surface area contributed by atoms with Crippen molar-refractivity contribution in [2.45, 2.75) is 79.1 Å². The number of aromatic hydroxyl groups is 1. The maximum Gasteiger partial charge on any atom is 0.119 e. The van der Waals surface area contributed by atoms with E-state index in [-0.39, 0.29) is 5.92 Å². The van der Waals surface area contributed by atoms with Gasteiger partial charge in [-0.1, -0.05) is 61.3 Å².